The summed E-state index contributed by atoms with van der Waals surface area (Å²) >= 11 is 0. The van der Waals surface area contributed by atoms with E-state index >= 15 is 0 Å². The maximum atomic E-state index is 6.26. The number of ether oxygens (including phenoxy) is 3. The molecular formula is C29H26N4O3. The van der Waals surface area contributed by atoms with E-state index in [4.69, 9.17) is 19.9 Å². The molecule has 0 bridgehead atoms. The first-order valence-corrected chi connectivity index (χ1v) is 12.0. The normalized spacial score (nSPS) is 12.5. The molecular weight excluding hydrogens is 452 g/mol. The van der Waals surface area contributed by atoms with Crippen molar-refractivity contribution in [3.8, 4) is 28.7 Å². The summed E-state index contributed by atoms with van der Waals surface area (Å²) in [7, 11) is 1.66. The van der Waals surface area contributed by atoms with Gasteiger partial charge in [0.25, 0.3) is 0 Å². The molecule has 180 valence electrons. The second-order valence-electron chi connectivity index (χ2n) is 8.78. The van der Waals surface area contributed by atoms with Gasteiger partial charge in [-0.3, -0.25) is 0 Å². The van der Waals surface area contributed by atoms with Gasteiger partial charge in [0.15, 0.2) is 5.82 Å². The molecule has 0 fully saturated rings. The molecule has 1 aliphatic rings. The fraction of sp³-hybridized carbons (Fsp3) is 0.172. The Morgan fingerprint density at radius 1 is 0.861 bits per heavy atom. The number of aromatic nitrogens is 3. The third-order valence-electron chi connectivity index (χ3n) is 6.49. The van der Waals surface area contributed by atoms with Crippen molar-refractivity contribution in [3.05, 3.63) is 95.9 Å². The van der Waals surface area contributed by atoms with Crippen LogP contribution in [-0.2, 0) is 19.4 Å². The molecule has 0 saturated heterocycles. The Morgan fingerprint density at radius 2 is 1.67 bits per heavy atom. The molecule has 0 atom stereocenters. The summed E-state index contributed by atoms with van der Waals surface area (Å²) in [5.74, 6) is 3.49. The van der Waals surface area contributed by atoms with Crippen molar-refractivity contribution in [2.45, 2.75) is 25.9 Å². The van der Waals surface area contributed by atoms with Crippen molar-refractivity contribution in [1.82, 2.24) is 14.5 Å². The van der Waals surface area contributed by atoms with E-state index in [1.165, 1.54) is 11.3 Å². The lowest BCUT2D eigenvalue weighted by Gasteiger charge is -2.12. The molecule has 0 aliphatic heterocycles. The zero-order valence-electron chi connectivity index (χ0n) is 20.0. The Hall–Kier alpha value is -4.52. The lowest BCUT2D eigenvalue weighted by atomic mass is 10.2. The van der Waals surface area contributed by atoms with Gasteiger partial charge >= 0.3 is 0 Å². The molecule has 0 radical (unpaired) electrons. The molecule has 2 heterocycles. The van der Waals surface area contributed by atoms with E-state index in [0.717, 1.165) is 58.8 Å². The summed E-state index contributed by atoms with van der Waals surface area (Å²) in [5, 5.41) is 0. The number of methoxy groups -OCH3 is 1. The van der Waals surface area contributed by atoms with Gasteiger partial charge in [0.05, 0.1) is 12.6 Å². The van der Waals surface area contributed by atoms with E-state index in [1.807, 2.05) is 72.8 Å². The SMILES string of the molecule is COc1cccc(COc2cccc(Oc3ccc(-n4c5c(c6ncnc(N)c64)CCC5)cc3)c2)c1. The fourth-order valence-electron chi connectivity index (χ4n) is 4.84. The van der Waals surface area contributed by atoms with Crippen molar-refractivity contribution in [2.75, 3.05) is 12.8 Å². The maximum absolute atomic E-state index is 6.26. The van der Waals surface area contributed by atoms with Gasteiger partial charge in [-0.1, -0.05) is 18.2 Å². The molecule has 7 nitrogen and oxygen atoms in total. The molecule has 2 aromatic heterocycles. The highest BCUT2D eigenvalue weighted by Gasteiger charge is 2.25. The van der Waals surface area contributed by atoms with Gasteiger partial charge in [0, 0.05) is 17.4 Å². The molecule has 0 unspecified atom stereocenters. The second-order valence-corrected chi connectivity index (χ2v) is 8.78. The number of anilines is 1. The van der Waals surface area contributed by atoms with Crippen molar-refractivity contribution >= 4 is 16.9 Å². The van der Waals surface area contributed by atoms with Crippen LogP contribution in [0.25, 0.3) is 16.7 Å². The van der Waals surface area contributed by atoms with E-state index in [0.29, 0.717) is 18.2 Å². The van der Waals surface area contributed by atoms with Crippen LogP contribution in [-0.4, -0.2) is 21.6 Å². The summed E-state index contributed by atoms with van der Waals surface area (Å²) in [6, 6.07) is 23.5. The largest absolute Gasteiger partial charge is 0.497 e. The molecule has 1 aliphatic carbocycles. The minimum Gasteiger partial charge on any atom is -0.497 e. The smallest absolute Gasteiger partial charge is 0.151 e. The number of benzene rings is 3. The Kier molecular flexibility index (Phi) is 5.65. The monoisotopic (exact) mass is 478 g/mol. The average Bonchev–Trinajstić information content (AvgIpc) is 3.51. The molecule has 5 aromatic rings. The standard InChI is InChI=1S/C29H26N4O3/c1-34-22-6-2-5-19(15-22)17-35-23-7-3-8-24(16-23)36-21-13-11-20(12-14-21)33-26-10-4-9-25(26)27-28(33)29(30)32-18-31-27/h2-3,5-8,11-16,18H,4,9-10,17H2,1H3,(H2,30,31,32). The average molecular weight is 479 g/mol. The van der Waals surface area contributed by atoms with Crippen molar-refractivity contribution in [2.24, 2.45) is 0 Å². The molecule has 0 spiro atoms. The van der Waals surface area contributed by atoms with Crippen LogP contribution in [0.4, 0.5) is 5.82 Å². The van der Waals surface area contributed by atoms with Gasteiger partial charge in [0.2, 0.25) is 0 Å². The molecule has 3 aromatic carbocycles. The summed E-state index contributed by atoms with van der Waals surface area (Å²) in [4.78, 5) is 8.76. The van der Waals surface area contributed by atoms with Crippen LogP contribution >= 0.6 is 0 Å². The Bertz CT molecular complexity index is 1540. The third-order valence-corrected chi connectivity index (χ3v) is 6.49. The zero-order valence-corrected chi connectivity index (χ0v) is 20.0. The number of aryl methyl sites for hydroxylation is 1. The van der Waals surface area contributed by atoms with E-state index in [9.17, 15) is 0 Å². The zero-order chi connectivity index (χ0) is 24.5. The maximum Gasteiger partial charge on any atom is 0.151 e. The Balaban J connectivity index is 1.20. The third kappa shape index (κ3) is 4.09. The molecule has 2 N–H and O–H groups in total. The quantitative estimate of drug-likeness (QED) is 0.315. The van der Waals surface area contributed by atoms with Gasteiger partial charge in [-0.15, -0.1) is 0 Å². The van der Waals surface area contributed by atoms with E-state index in [1.54, 1.807) is 13.4 Å². The number of rotatable bonds is 7. The Morgan fingerprint density at radius 3 is 2.53 bits per heavy atom. The first-order valence-electron chi connectivity index (χ1n) is 12.0. The first-order chi connectivity index (χ1) is 17.7. The second kappa shape index (κ2) is 9.26. The van der Waals surface area contributed by atoms with Crippen LogP contribution < -0.4 is 19.9 Å². The lowest BCUT2D eigenvalue weighted by Crippen LogP contribution is -2.02. The number of nitrogen functional groups attached to an aromatic ring is 1. The van der Waals surface area contributed by atoms with Crippen LogP contribution in [0.1, 0.15) is 23.2 Å². The first kappa shape index (κ1) is 22.0. The van der Waals surface area contributed by atoms with E-state index in [2.05, 4.69) is 14.5 Å². The Labute approximate surface area is 209 Å². The van der Waals surface area contributed by atoms with Crippen molar-refractivity contribution in [1.29, 1.82) is 0 Å². The molecule has 0 saturated carbocycles. The van der Waals surface area contributed by atoms with Gasteiger partial charge in [-0.05, 0) is 78.9 Å². The summed E-state index contributed by atoms with van der Waals surface area (Å²) < 4.78 is 19.6. The molecule has 6 rings (SSSR count). The number of fused-ring (bicyclic) bond motifs is 3. The highest BCUT2D eigenvalue weighted by atomic mass is 16.5. The number of nitrogens with zero attached hydrogens (tertiary/aromatic N) is 3. The summed E-state index contributed by atoms with van der Waals surface area (Å²) in [6.07, 6.45) is 4.70. The number of hydrogen-bond acceptors (Lipinski definition) is 6. The summed E-state index contributed by atoms with van der Waals surface area (Å²) in [6.45, 7) is 0.442. The highest BCUT2D eigenvalue weighted by Crippen LogP contribution is 2.36. The van der Waals surface area contributed by atoms with Gasteiger partial charge in [-0.2, -0.15) is 0 Å². The van der Waals surface area contributed by atoms with Crippen LogP contribution in [0.3, 0.4) is 0 Å². The minimum absolute atomic E-state index is 0.442. The van der Waals surface area contributed by atoms with E-state index < -0.39 is 0 Å². The van der Waals surface area contributed by atoms with Gasteiger partial charge in [0.1, 0.15) is 41.4 Å². The fourth-order valence-corrected chi connectivity index (χ4v) is 4.84. The molecule has 7 heteroatoms. The van der Waals surface area contributed by atoms with Crippen LogP contribution in [0, 0.1) is 0 Å². The van der Waals surface area contributed by atoms with Crippen LogP contribution in [0.15, 0.2) is 79.1 Å². The number of hydrogen-bond donors (Lipinski definition) is 1. The van der Waals surface area contributed by atoms with E-state index in [-0.39, 0.29) is 0 Å². The van der Waals surface area contributed by atoms with Gasteiger partial charge in [-0.25, -0.2) is 9.97 Å². The number of nitrogens with two attached hydrogens (primary N) is 1. The van der Waals surface area contributed by atoms with Crippen LogP contribution in [0.5, 0.6) is 23.0 Å². The lowest BCUT2D eigenvalue weighted by molar-refractivity contribution is 0.303. The van der Waals surface area contributed by atoms with Crippen LogP contribution in [0.2, 0.25) is 0 Å². The summed E-state index contributed by atoms with van der Waals surface area (Å²) in [5.41, 5.74) is 12.7. The predicted molar refractivity (Wildman–Crippen MR) is 139 cm³/mol. The highest BCUT2D eigenvalue weighted by molar-refractivity contribution is 5.91. The van der Waals surface area contributed by atoms with Crippen molar-refractivity contribution in [3.63, 3.8) is 0 Å². The molecule has 0 amide bonds. The topological polar surface area (TPSA) is 84.4 Å². The van der Waals surface area contributed by atoms with Gasteiger partial charge < -0.3 is 24.5 Å². The predicted octanol–water partition coefficient (Wildman–Crippen LogP) is 5.87. The minimum atomic E-state index is 0.442. The van der Waals surface area contributed by atoms with Crippen molar-refractivity contribution < 1.29 is 14.2 Å². The molecule has 36 heavy (non-hydrogen) atoms.